The van der Waals surface area contributed by atoms with E-state index in [-0.39, 0.29) is 5.91 Å². The first kappa shape index (κ1) is 20.5. The number of hydrogen-bond donors (Lipinski definition) is 0. The maximum Gasteiger partial charge on any atom is 0.289 e. The summed E-state index contributed by atoms with van der Waals surface area (Å²) in [6, 6.07) is 3.49. The van der Waals surface area contributed by atoms with Crippen molar-refractivity contribution in [2.75, 3.05) is 31.1 Å². The van der Waals surface area contributed by atoms with Crippen molar-refractivity contribution >= 4 is 33.3 Å². The van der Waals surface area contributed by atoms with Gasteiger partial charge in [0.1, 0.15) is 16.5 Å². The molecule has 0 bridgehead atoms. The number of aryl methyl sites for hydroxylation is 2. The number of amides is 1. The Kier molecular flexibility index (Phi) is 5.04. The van der Waals surface area contributed by atoms with Crippen molar-refractivity contribution in [1.82, 2.24) is 14.9 Å². The van der Waals surface area contributed by atoms with Crippen molar-refractivity contribution in [3.05, 3.63) is 40.4 Å². The minimum atomic E-state index is -0.0326. The largest absolute Gasteiger partial charge is 0.459 e. The molecule has 1 saturated heterocycles. The molecule has 3 aromatic heterocycles. The Morgan fingerprint density at radius 3 is 2.65 bits per heavy atom. The smallest absolute Gasteiger partial charge is 0.289 e. The van der Waals surface area contributed by atoms with Gasteiger partial charge in [-0.15, -0.1) is 11.3 Å². The molecule has 164 valence electrons. The zero-order valence-corrected chi connectivity index (χ0v) is 19.6. The van der Waals surface area contributed by atoms with Crippen LogP contribution in [0.15, 0.2) is 22.8 Å². The van der Waals surface area contributed by atoms with Crippen LogP contribution in [0.4, 0.5) is 5.82 Å². The van der Waals surface area contributed by atoms with E-state index in [4.69, 9.17) is 14.4 Å². The summed E-state index contributed by atoms with van der Waals surface area (Å²) in [4.78, 5) is 29.1. The summed E-state index contributed by atoms with van der Waals surface area (Å²) in [7, 11) is 0. The minimum Gasteiger partial charge on any atom is -0.459 e. The van der Waals surface area contributed by atoms with E-state index < -0.39 is 0 Å². The number of aromatic nitrogens is 2. The van der Waals surface area contributed by atoms with E-state index in [9.17, 15) is 4.79 Å². The molecule has 1 amide bonds. The first-order valence-electron chi connectivity index (χ1n) is 11.2. The zero-order valence-electron chi connectivity index (χ0n) is 18.8. The average molecular weight is 439 g/mol. The maximum absolute atomic E-state index is 12.6. The predicted molar refractivity (Wildman–Crippen MR) is 124 cm³/mol. The Hall–Kier alpha value is -2.41. The summed E-state index contributed by atoms with van der Waals surface area (Å²) in [6.07, 6.45) is 5.02. The van der Waals surface area contributed by atoms with Gasteiger partial charge in [0, 0.05) is 31.1 Å². The molecular formula is C24H30N4O2S. The Balaban J connectivity index is 1.42. The fourth-order valence-electron chi connectivity index (χ4n) is 4.91. The summed E-state index contributed by atoms with van der Waals surface area (Å²) in [5, 5.41) is 1.25. The molecule has 0 unspecified atom stereocenters. The van der Waals surface area contributed by atoms with Crippen LogP contribution >= 0.6 is 11.3 Å². The van der Waals surface area contributed by atoms with Crippen LogP contribution < -0.4 is 4.90 Å². The number of furan rings is 1. The number of rotatable bonds is 2. The molecule has 0 spiro atoms. The lowest BCUT2D eigenvalue weighted by molar-refractivity contribution is 0.0714. The van der Waals surface area contributed by atoms with Gasteiger partial charge in [-0.1, -0.05) is 20.8 Å². The molecule has 1 aliphatic heterocycles. The highest BCUT2D eigenvalue weighted by Crippen LogP contribution is 2.45. The molecule has 2 aliphatic rings. The minimum absolute atomic E-state index is 0.0326. The third-order valence-corrected chi connectivity index (χ3v) is 7.97. The number of thiophene rings is 1. The van der Waals surface area contributed by atoms with Crippen molar-refractivity contribution in [1.29, 1.82) is 0 Å². The molecule has 7 heteroatoms. The van der Waals surface area contributed by atoms with E-state index in [2.05, 4.69) is 25.7 Å². The number of anilines is 1. The lowest BCUT2D eigenvalue weighted by Crippen LogP contribution is -2.49. The van der Waals surface area contributed by atoms with Crippen molar-refractivity contribution in [3.8, 4) is 0 Å². The van der Waals surface area contributed by atoms with Gasteiger partial charge in [-0.3, -0.25) is 4.79 Å². The number of piperazine rings is 1. The highest BCUT2D eigenvalue weighted by Gasteiger charge is 2.33. The second-order valence-electron chi connectivity index (χ2n) is 9.84. The van der Waals surface area contributed by atoms with E-state index >= 15 is 0 Å². The topological polar surface area (TPSA) is 62.5 Å². The number of fused-ring (bicyclic) bond motifs is 3. The molecule has 31 heavy (non-hydrogen) atoms. The van der Waals surface area contributed by atoms with Gasteiger partial charge < -0.3 is 14.2 Å². The molecule has 0 radical (unpaired) electrons. The molecular weight excluding hydrogens is 408 g/mol. The van der Waals surface area contributed by atoms with Crippen LogP contribution in [0.3, 0.4) is 0 Å². The van der Waals surface area contributed by atoms with Gasteiger partial charge in [0.05, 0.1) is 11.6 Å². The van der Waals surface area contributed by atoms with Crippen molar-refractivity contribution < 1.29 is 9.21 Å². The predicted octanol–water partition coefficient (Wildman–Crippen LogP) is 4.71. The summed E-state index contributed by atoms with van der Waals surface area (Å²) in [5.41, 5.74) is 1.79. The zero-order chi connectivity index (χ0) is 21.8. The number of carbonyl (C=O) groups is 1. The molecule has 1 fully saturated rings. The summed E-state index contributed by atoms with van der Waals surface area (Å²) in [5.74, 6) is 2.97. The van der Waals surface area contributed by atoms with Crippen LogP contribution in [0, 0.1) is 18.3 Å². The van der Waals surface area contributed by atoms with Crippen molar-refractivity contribution in [3.63, 3.8) is 0 Å². The lowest BCUT2D eigenvalue weighted by Gasteiger charge is -2.36. The number of hydrogen-bond acceptors (Lipinski definition) is 6. The van der Waals surface area contributed by atoms with Crippen LogP contribution in [0.2, 0.25) is 0 Å². The van der Waals surface area contributed by atoms with Crippen LogP contribution in [0.25, 0.3) is 10.2 Å². The molecule has 1 atom stereocenters. The molecule has 6 nitrogen and oxygen atoms in total. The third kappa shape index (κ3) is 3.73. The van der Waals surface area contributed by atoms with Gasteiger partial charge in [0.2, 0.25) is 0 Å². The summed E-state index contributed by atoms with van der Waals surface area (Å²) < 4.78 is 5.29. The molecule has 5 rings (SSSR count). The Morgan fingerprint density at radius 2 is 1.97 bits per heavy atom. The maximum atomic E-state index is 12.6. The first-order valence-corrected chi connectivity index (χ1v) is 12.0. The third-order valence-electron chi connectivity index (χ3n) is 6.82. The molecule has 0 N–H and O–H groups in total. The van der Waals surface area contributed by atoms with Gasteiger partial charge in [-0.25, -0.2) is 9.97 Å². The van der Waals surface area contributed by atoms with E-state index in [1.807, 2.05) is 23.2 Å². The van der Waals surface area contributed by atoms with Gasteiger partial charge in [-0.05, 0) is 55.2 Å². The molecule has 3 aromatic rings. The van der Waals surface area contributed by atoms with Crippen LogP contribution in [0.1, 0.15) is 54.0 Å². The van der Waals surface area contributed by atoms with Crippen LogP contribution in [-0.2, 0) is 12.8 Å². The first-order chi connectivity index (χ1) is 14.8. The summed E-state index contributed by atoms with van der Waals surface area (Å²) >= 11 is 1.86. The monoisotopic (exact) mass is 438 g/mol. The van der Waals surface area contributed by atoms with Gasteiger partial charge in [0.25, 0.3) is 5.91 Å². The van der Waals surface area contributed by atoms with E-state index in [0.717, 1.165) is 42.4 Å². The van der Waals surface area contributed by atoms with Crippen molar-refractivity contribution in [2.24, 2.45) is 11.3 Å². The second-order valence-corrected chi connectivity index (χ2v) is 10.9. The van der Waals surface area contributed by atoms with Crippen LogP contribution in [-0.4, -0.2) is 47.0 Å². The van der Waals surface area contributed by atoms with Gasteiger partial charge >= 0.3 is 0 Å². The highest BCUT2D eigenvalue weighted by atomic mass is 32.1. The fraction of sp³-hybridized carbons (Fsp3) is 0.542. The standard InChI is InChI=1S/C24H30N4O2S/c1-15-25-21(27-9-11-28(12-10-27)23(29)18-6-5-13-30-18)20-17-8-7-16(24(2,3)4)14-19(17)31-22(20)26-15/h5-6,13,16H,7-12,14H2,1-4H3/t16-/m0/s1. The molecule has 0 aromatic carbocycles. The van der Waals surface area contributed by atoms with Gasteiger partial charge in [-0.2, -0.15) is 0 Å². The number of nitrogens with zero attached hydrogens (tertiary/aromatic N) is 4. The van der Waals surface area contributed by atoms with Crippen LogP contribution in [0.5, 0.6) is 0 Å². The Bertz CT molecular complexity index is 1100. The SMILES string of the molecule is Cc1nc(N2CCN(C(=O)c3ccco3)CC2)c2c3c(sc2n1)C[C@@H](C(C)(C)C)CC3. The van der Waals surface area contributed by atoms with E-state index in [1.165, 1.54) is 22.2 Å². The fourth-order valence-corrected chi connectivity index (χ4v) is 6.25. The second kappa shape index (κ2) is 7.62. The highest BCUT2D eigenvalue weighted by molar-refractivity contribution is 7.19. The quantitative estimate of drug-likeness (QED) is 0.580. The Labute approximate surface area is 187 Å². The summed E-state index contributed by atoms with van der Waals surface area (Å²) in [6.45, 7) is 11.9. The normalized spacial score (nSPS) is 19.7. The lowest BCUT2D eigenvalue weighted by atomic mass is 9.72. The molecule has 4 heterocycles. The Morgan fingerprint density at radius 1 is 1.19 bits per heavy atom. The van der Waals surface area contributed by atoms with Crippen molar-refractivity contribution in [2.45, 2.75) is 47.0 Å². The van der Waals surface area contributed by atoms with E-state index in [0.29, 0.717) is 30.2 Å². The average Bonchev–Trinajstić information content (AvgIpc) is 3.39. The number of carbonyl (C=O) groups excluding carboxylic acids is 1. The molecule has 0 saturated carbocycles. The van der Waals surface area contributed by atoms with Gasteiger partial charge in [0.15, 0.2) is 5.76 Å². The van der Waals surface area contributed by atoms with E-state index in [1.54, 1.807) is 18.4 Å². The molecule has 1 aliphatic carbocycles.